The molecular formula is C19H28ClN3O2. The molecule has 0 saturated heterocycles. The molecule has 0 spiro atoms. The third-order valence-corrected chi connectivity index (χ3v) is 4.95. The first-order chi connectivity index (χ1) is 11.9. The molecule has 25 heavy (non-hydrogen) atoms. The molecule has 6 heteroatoms. The van der Waals surface area contributed by atoms with Crippen LogP contribution in [0.15, 0.2) is 18.2 Å². The first-order valence-corrected chi connectivity index (χ1v) is 9.38. The molecule has 2 rings (SSSR count). The van der Waals surface area contributed by atoms with Crippen LogP contribution in [0.3, 0.4) is 0 Å². The highest BCUT2D eigenvalue weighted by atomic mass is 35.5. The molecule has 1 aliphatic rings. The van der Waals surface area contributed by atoms with Gasteiger partial charge >= 0.3 is 0 Å². The zero-order chi connectivity index (χ0) is 18.4. The second-order valence-corrected chi connectivity index (χ2v) is 7.61. The van der Waals surface area contributed by atoms with Gasteiger partial charge in [0.05, 0.1) is 10.6 Å². The summed E-state index contributed by atoms with van der Waals surface area (Å²) in [6, 6.07) is 5.07. The van der Waals surface area contributed by atoms with Crippen molar-refractivity contribution in [2.45, 2.75) is 52.0 Å². The van der Waals surface area contributed by atoms with Gasteiger partial charge in [0.2, 0.25) is 5.91 Å². The Kier molecular flexibility index (Phi) is 7.26. The van der Waals surface area contributed by atoms with Crippen molar-refractivity contribution in [2.75, 3.05) is 11.9 Å². The molecule has 1 aromatic rings. The highest BCUT2D eigenvalue weighted by molar-refractivity contribution is 6.34. The third-order valence-electron chi connectivity index (χ3n) is 4.62. The fourth-order valence-electron chi connectivity index (χ4n) is 3.29. The number of rotatable bonds is 6. The number of halogens is 1. The number of hydrogen-bond donors (Lipinski definition) is 3. The van der Waals surface area contributed by atoms with E-state index in [4.69, 9.17) is 17.3 Å². The Hall–Kier alpha value is -1.59. The summed E-state index contributed by atoms with van der Waals surface area (Å²) in [6.45, 7) is 4.54. The SMILES string of the molecule is CC(C)CC(=O)Nc1ccc(Cl)c(C(=O)NC2CCCCC2CN)c1. The van der Waals surface area contributed by atoms with Gasteiger partial charge in [0.25, 0.3) is 5.91 Å². The molecule has 0 aliphatic heterocycles. The van der Waals surface area contributed by atoms with Gasteiger partial charge in [0.1, 0.15) is 0 Å². The lowest BCUT2D eigenvalue weighted by Crippen LogP contribution is -2.44. The van der Waals surface area contributed by atoms with Crippen LogP contribution in [0.2, 0.25) is 5.02 Å². The quantitative estimate of drug-likeness (QED) is 0.720. The standard InChI is InChI=1S/C19H28ClN3O2/c1-12(2)9-18(24)22-14-7-8-16(20)15(10-14)19(25)23-17-6-4-3-5-13(17)11-21/h7-8,10,12-13,17H,3-6,9,11,21H2,1-2H3,(H,22,24)(H,23,25). The third kappa shape index (κ3) is 5.72. The van der Waals surface area contributed by atoms with Crippen molar-refractivity contribution in [1.82, 2.24) is 5.32 Å². The average Bonchev–Trinajstić information content (AvgIpc) is 2.56. The van der Waals surface area contributed by atoms with E-state index in [1.54, 1.807) is 18.2 Å². The highest BCUT2D eigenvalue weighted by Crippen LogP contribution is 2.25. The first-order valence-electron chi connectivity index (χ1n) is 9.01. The molecule has 0 radical (unpaired) electrons. The molecule has 2 atom stereocenters. The van der Waals surface area contributed by atoms with Crippen molar-refractivity contribution >= 4 is 29.1 Å². The Bertz CT molecular complexity index is 619. The highest BCUT2D eigenvalue weighted by Gasteiger charge is 2.26. The van der Waals surface area contributed by atoms with Crippen molar-refractivity contribution in [1.29, 1.82) is 0 Å². The molecule has 1 aromatic carbocycles. The summed E-state index contributed by atoms with van der Waals surface area (Å²) in [5.41, 5.74) is 6.79. The van der Waals surface area contributed by atoms with E-state index in [0.717, 1.165) is 25.7 Å². The van der Waals surface area contributed by atoms with E-state index in [1.807, 2.05) is 13.8 Å². The maximum atomic E-state index is 12.7. The van der Waals surface area contributed by atoms with E-state index in [-0.39, 0.29) is 23.8 Å². The largest absolute Gasteiger partial charge is 0.349 e. The number of nitrogens with two attached hydrogens (primary N) is 1. The maximum absolute atomic E-state index is 12.7. The van der Waals surface area contributed by atoms with Crippen LogP contribution in [0.4, 0.5) is 5.69 Å². The molecule has 0 heterocycles. The number of hydrogen-bond acceptors (Lipinski definition) is 3. The molecule has 138 valence electrons. The predicted molar refractivity (Wildman–Crippen MR) is 102 cm³/mol. The lowest BCUT2D eigenvalue weighted by molar-refractivity contribution is -0.116. The second kappa shape index (κ2) is 9.20. The van der Waals surface area contributed by atoms with Gasteiger partial charge in [0, 0.05) is 18.2 Å². The summed E-state index contributed by atoms with van der Waals surface area (Å²) in [7, 11) is 0. The van der Waals surface area contributed by atoms with Crippen molar-refractivity contribution in [3.05, 3.63) is 28.8 Å². The molecule has 5 nitrogen and oxygen atoms in total. The molecule has 2 amide bonds. The monoisotopic (exact) mass is 365 g/mol. The van der Waals surface area contributed by atoms with Gasteiger partial charge in [-0.2, -0.15) is 0 Å². The van der Waals surface area contributed by atoms with Gasteiger partial charge < -0.3 is 16.4 Å². The summed E-state index contributed by atoms with van der Waals surface area (Å²) in [4.78, 5) is 24.6. The lowest BCUT2D eigenvalue weighted by atomic mass is 9.84. The average molecular weight is 366 g/mol. The molecule has 1 fully saturated rings. The molecule has 2 unspecified atom stereocenters. The first kappa shape index (κ1) is 19.7. The van der Waals surface area contributed by atoms with Crippen LogP contribution in [-0.2, 0) is 4.79 Å². The second-order valence-electron chi connectivity index (χ2n) is 7.20. The fourth-order valence-corrected chi connectivity index (χ4v) is 3.49. The summed E-state index contributed by atoms with van der Waals surface area (Å²) >= 11 is 6.20. The Morgan fingerprint density at radius 1 is 1.28 bits per heavy atom. The molecule has 0 aromatic heterocycles. The Labute approximate surface area is 154 Å². The molecule has 1 saturated carbocycles. The van der Waals surface area contributed by atoms with Crippen LogP contribution < -0.4 is 16.4 Å². The number of carbonyl (C=O) groups is 2. The number of benzene rings is 1. The normalized spacial score (nSPS) is 20.4. The topological polar surface area (TPSA) is 84.2 Å². The van der Waals surface area contributed by atoms with E-state index in [0.29, 0.717) is 35.2 Å². The van der Waals surface area contributed by atoms with Crippen LogP contribution in [0.25, 0.3) is 0 Å². The minimum Gasteiger partial charge on any atom is -0.349 e. The van der Waals surface area contributed by atoms with E-state index in [2.05, 4.69) is 10.6 Å². The van der Waals surface area contributed by atoms with E-state index in [1.165, 1.54) is 0 Å². The van der Waals surface area contributed by atoms with Crippen molar-refractivity contribution in [3.8, 4) is 0 Å². The lowest BCUT2D eigenvalue weighted by Gasteiger charge is -2.31. The van der Waals surface area contributed by atoms with Gasteiger partial charge in [0.15, 0.2) is 0 Å². The molecule has 0 bridgehead atoms. The van der Waals surface area contributed by atoms with E-state index in [9.17, 15) is 9.59 Å². The van der Waals surface area contributed by atoms with Crippen molar-refractivity contribution in [3.63, 3.8) is 0 Å². The predicted octanol–water partition coefficient (Wildman–Crippen LogP) is 3.57. The smallest absolute Gasteiger partial charge is 0.253 e. The van der Waals surface area contributed by atoms with Crippen LogP contribution in [0.1, 0.15) is 56.3 Å². The van der Waals surface area contributed by atoms with Crippen LogP contribution in [0.5, 0.6) is 0 Å². The van der Waals surface area contributed by atoms with Crippen molar-refractivity contribution in [2.24, 2.45) is 17.6 Å². The number of carbonyl (C=O) groups excluding carboxylic acids is 2. The Morgan fingerprint density at radius 2 is 2.00 bits per heavy atom. The zero-order valence-electron chi connectivity index (χ0n) is 15.0. The minimum atomic E-state index is -0.213. The summed E-state index contributed by atoms with van der Waals surface area (Å²) in [5, 5.41) is 6.27. The fraction of sp³-hybridized carbons (Fsp3) is 0.579. The van der Waals surface area contributed by atoms with Gasteiger partial charge in [-0.05, 0) is 49.4 Å². The van der Waals surface area contributed by atoms with Gasteiger partial charge in [-0.3, -0.25) is 9.59 Å². The number of nitrogens with one attached hydrogen (secondary N) is 2. The van der Waals surface area contributed by atoms with Crippen LogP contribution in [0, 0.1) is 11.8 Å². The maximum Gasteiger partial charge on any atom is 0.253 e. The molecule has 4 N–H and O–H groups in total. The number of amides is 2. The van der Waals surface area contributed by atoms with Crippen LogP contribution in [-0.4, -0.2) is 24.4 Å². The number of anilines is 1. The zero-order valence-corrected chi connectivity index (χ0v) is 15.7. The summed E-state index contributed by atoms with van der Waals surface area (Å²) < 4.78 is 0. The van der Waals surface area contributed by atoms with Gasteiger partial charge in [-0.1, -0.05) is 38.3 Å². The Morgan fingerprint density at radius 3 is 2.68 bits per heavy atom. The molecular weight excluding hydrogens is 338 g/mol. The van der Waals surface area contributed by atoms with Crippen molar-refractivity contribution < 1.29 is 9.59 Å². The molecule has 1 aliphatic carbocycles. The minimum absolute atomic E-state index is 0.0702. The van der Waals surface area contributed by atoms with E-state index < -0.39 is 0 Å². The summed E-state index contributed by atoms with van der Waals surface area (Å²) in [6.07, 6.45) is 4.67. The Balaban J connectivity index is 2.08. The van der Waals surface area contributed by atoms with Gasteiger partial charge in [-0.25, -0.2) is 0 Å². The van der Waals surface area contributed by atoms with Gasteiger partial charge in [-0.15, -0.1) is 0 Å². The van der Waals surface area contributed by atoms with Crippen LogP contribution >= 0.6 is 11.6 Å². The van der Waals surface area contributed by atoms with E-state index >= 15 is 0 Å². The summed E-state index contributed by atoms with van der Waals surface area (Å²) in [5.74, 6) is 0.300.